The molecule has 130 valence electrons. The number of fused-ring (bicyclic) bond motifs is 3. The molecule has 0 N–H and O–H groups in total. The Hall–Kier alpha value is -1.30. The molecule has 1 aromatic carbocycles. The highest BCUT2D eigenvalue weighted by Gasteiger charge is 2.53. The molecule has 1 aromatic rings. The quantitative estimate of drug-likeness (QED) is 0.843. The van der Waals surface area contributed by atoms with Gasteiger partial charge in [-0.1, -0.05) is 6.07 Å². The highest BCUT2D eigenvalue weighted by atomic mass is 16.7. The molecule has 0 saturated carbocycles. The first-order valence-electron chi connectivity index (χ1n) is 9.22. The third-order valence-corrected chi connectivity index (χ3v) is 6.50. The SMILES string of the molecule is COCCN1C[C@@H](c2ccc3c(c2)OCO3)[C@@H]2[C@H]1C1CCN2CC1. The van der Waals surface area contributed by atoms with Crippen LogP contribution in [-0.2, 0) is 4.74 Å². The Morgan fingerprint density at radius 2 is 1.96 bits per heavy atom. The summed E-state index contributed by atoms with van der Waals surface area (Å²) in [5.74, 6) is 3.21. The number of piperidine rings is 3. The van der Waals surface area contributed by atoms with Crippen LogP contribution in [0.15, 0.2) is 18.2 Å². The second kappa shape index (κ2) is 5.90. The Morgan fingerprint density at radius 3 is 2.79 bits per heavy atom. The van der Waals surface area contributed by atoms with Gasteiger partial charge in [0.1, 0.15) is 0 Å². The van der Waals surface area contributed by atoms with Crippen LogP contribution in [0.2, 0.25) is 0 Å². The molecular formula is C19H26N2O3. The van der Waals surface area contributed by atoms with Crippen molar-refractivity contribution >= 4 is 0 Å². The van der Waals surface area contributed by atoms with Crippen LogP contribution in [0.5, 0.6) is 11.5 Å². The van der Waals surface area contributed by atoms with Gasteiger partial charge in [0.05, 0.1) is 6.61 Å². The number of likely N-dealkylation sites (tertiary alicyclic amines) is 1. The van der Waals surface area contributed by atoms with Crippen molar-refractivity contribution in [2.45, 2.75) is 30.8 Å². The topological polar surface area (TPSA) is 34.2 Å². The Morgan fingerprint density at radius 1 is 1.12 bits per heavy atom. The predicted octanol–water partition coefficient (Wildman–Crippen LogP) is 1.92. The summed E-state index contributed by atoms with van der Waals surface area (Å²) < 4.78 is 16.5. The summed E-state index contributed by atoms with van der Waals surface area (Å²) in [5, 5.41) is 0. The first-order valence-corrected chi connectivity index (χ1v) is 9.22. The summed E-state index contributed by atoms with van der Waals surface area (Å²) in [6.07, 6.45) is 2.72. The molecule has 5 heterocycles. The number of benzene rings is 1. The maximum Gasteiger partial charge on any atom is 0.231 e. The maximum atomic E-state index is 5.62. The smallest absolute Gasteiger partial charge is 0.231 e. The zero-order valence-corrected chi connectivity index (χ0v) is 14.3. The average molecular weight is 330 g/mol. The molecule has 24 heavy (non-hydrogen) atoms. The van der Waals surface area contributed by atoms with Gasteiger partial charge in [-0.15, -0.1) is 0 Å². The fourth-order valence-electron chi connectivity index (χ4n) is 5.44. The lowest BCUT2D eigenvalue weighted by Gasteiger charge is -2.51. The van der Waals surface area contributed by atoms with Crippen LogP contribution in [0, 0.1) is 5.92 Å². The van der Waals surface area contributed by atoms with Crippen molar-refractivity contribution in [2.75, 3.05) is 46.7 Å². The molecule has 5 heteroatoms. The molecular weight excluding hydrogens is 304 g/mol. The van der Waals surface area contributed by atoms with E-state index in [0.717, 1.165) is 37.1 Å². The normalized spacial score (nSPS) is 37.0. The van der Waals surface area contributed by atoms with Crippen LogP contribution in [0.1, 0.15) is 24.3 Å². The molecule has 2 bridgehead atoms. The fraction of sp³-hybridized carbons (Fsp3) is 0.684. The average Bonchev–Trinajstić information content (AvgIpc) is 3.26. The van der Waals surface area contributed by atoms with E-state index in [1.807, 2.05) is 0 Å². The lowest BCUT2D eigenvalue weighted by atomic mass is 9.75. The molecule has 0 spiro atoms. The Balaban J connectivity index is 1.47. The van der Waals surface area contributed by atoms with E-state index in [1.54, 1.807) is 7.11 Å². The second-order valence-electron chi connectivity index (χ2n) is 7.56. The summed E-state index contributed by atoms with van der Waals surface area (Å²) in [6, 6.07) is 7.89. The molecule has 5 nitrogen and oxygen atoms in total. The summed E-state index contributed by atoms with van der Waals surface area (Å²) in [4.78, 5) is 5.44. The molecule has 6 rings (SSSR count). The van der Waals surface area contributed by atoms with Gasteiger partial charge in [-0.05, 0) is 49.5 Å². The van der Waals surface area contributed by atoms with E-state index in [2.05, 4.69) is 28.0 Å². The molecule has 3 atom stereocenters. The van der Waals surface area contributed by atoms with Gasteiger partial charge < -0.3 is 14.2 Å². The summed E-state index contributed by atoms with van der Waals surface area (Å²) in [5.41, 5.74) is 1.40. The highest BCUT2D eigenvalue weighted by molar-refractivity contribution is 5.46. The van der Waals surface area contributed by atoms with Crippen molar-refractivity contribution in [1.82, 2.24) is 9.80 Å². The van der Waals surface area contributed by atoms with E-state index in [9.17, 15) is 0 Å². The van der Waals surface area contributed by atoms with Crippen LogP contribution in [-0.4, -0.2) is 68.6 Å². The van der Waals surface area contributed by atoms with Crippen LogP contribution in [0.3, 0.4) is 0 Å². The molecule has 0 aromatic heterocycles. The second-order valence-corrected chi connectivity index (χ2v) is 7.56. The first kappa shape index (κ1) is 15.0. The van der Waals surface area contributed by atoms with E-state index in [4.69, 9.17) is 14.2 Å². The third kappa shape index (κ3) is 2.25. The molecule has 0 radical (unpaired) electrons. The molecule has 0 amide bonds. The number of rotatable bonds is 4. The van der Waals surface area contributed by atoms with Crippen molar-refractivity contribution in [3.63, 3.8) is 0 Å². The Kier molecular flexibility index (Phi) is 3.69. The molecule has 5 aliphatic heterocycles. The minimum Gasteiger partial charge on any atom is -0.454 e. The van der Waals surface area contributed by atoms with E-state index in [1.165, 1.54) is 31.5 Å². The van der Waals surface area contributed by atoms with Gasteiger partial charge in [0.25, 0.3) is 0 Å². The minimum absolute atomic E-state index is 0.351. The zero-order chi connectivity index (χ0) is 16.1. The van der Waals surface area contributed by atoms with Gasteiger partial charge in [-0.3, -0.25) is 9.80 Å². The van der Waals surface area contributed by atoms with Crippen molar-refractivity contribution in [3.05, 3.63) is 23.8 Å². The summed E-state index contributed by atoms with van der Waals surface area (Å²) in [6.45, 7) is 5.89. The molecule has 5 aliphatic rings. The lowest BCUT2D eigenvalue weighted by Crippen LogP contribution is -2.60. The lowest BCUT2D eigenvalue weighted by molar-refractivity contribution is -0.0116. The largest absolute Gasteiger partial charge is 0.454 e. The van der Waals surface area contributed by atoms with Crippen molar-refractivity contribution in [3.8, 4) is 11.5 Å². The predicted molar refractivity (Wildman–Crippen MR) is 90.6 cm³/mol. The minimum atomic E-state index is 0.351. The highest BCUT2D eigenvalue weighted by Crippen LogP contribution is 2.47. The zero-order valence-electron chi connectivity index (χ0n) is 14.3. The number of hydrogen-bond acceptors (Lipinski definition) is 5. The number of ether oxygens (including phenoxy) is 3. The maximum absolute atomic E-state index is 5.62. The van der Waals surface area contributed by atoms with Crippen molar-refractivity contribution < 1.29 is 14.2 Å². The summed E-state index contributed by atoms with van der Waals surface area (Å²) >= 11 is 0. The van der Waals surface area contributed by atoms with Crippen LogP contribution in [0.4, 0.5) is 0 Å². The van der Waals surface area contributed by atoms with Crippen molar-refractivity contribution in [1.29, 1.82) is 0 Å². The van der Waals surface area contributed by atoms with Crippen LogP contribution in [0.25, 0.3) is 0 Å². The van der Waals surface area contributed by atoms with Gasteiger partial charge in [0.15, 0.2) is 11.5 Å². The van der Waals surface area contributed by atoms with Crippen molar-refractivity contribution in [2.24, 2.45) is 5.92 Å². The number of hydrogen-bond donors (Lipinski definition) is 0. The van der Waals surface area contributed by atoms with Gasteiger partial charge in [0, 0.05) is 38.2 Å². The van der Waals surface area contributed by atoms with Gasteiger partial charge in [-0.2, -0.15) is 0 Å². The van der Waals surface area contributed by atoms with E-state index in [-0.39, 0.29) is 0 Å². The summed E-state index contributed by atoms with van der Waals surface area (Å²) in [7, 11) is 1.80. The standard InChI is InChI=1S/C19H26N2O3/c1-22-9-8-21-11-15(14-2-3-16-17(10-14)24-12-23-16)19-18(21)13-4-6-20(19)7-5-13/h2-3,10,13,15,18-19H,4-9,11-12H2,1H3/t15-,18+,19+/m0/s1. The Bertz CT molecular complexity index is 615. The number of nitrogens with zero attached hydrogens (tertiary/aromatic N) is 2. The fourth-order valence-corrected chi connectivity index (χ4v) is 5.44. The van der Waals surface area contributed by atoms with Gasteiger partial charge >= 0.3 is 0 Å². The monoisotopic (exact) mass is 330 g/mol. The van der Waals surface area contributed by atoms with Crippen LogP contribution >= 0.6 is 0 Å². The molecule has 0 aliphatic carbocycles. The molecule has 4 saturated heterocycles. The third-order valence-electron chi connectivity index (χ3n) is 6.50. The molecule has 0 unspecified atom stereocenters. The number of methoxy groups -OCH3 is 1. The van der Waals surface area contributed by atoms with Gasteiger partial charge in [-0.25, -0.2) is 0 Å². The van der Waals surface area contributed by atoms with E-state index < -0.39 is 0 Å². The molecule has 4 fully saturated rings. The Labute approximate surface area is 143 Å². The van der Waals surface area contributed by atoms with Crippen LogP contribution < -0.4 is 9.47 Å². The van der Waals surface area contributed by atoms with E-state index in [0.29, 0.717) is 24.8 Å². The van der Waals surface area contributed by atoms with E-state index >= 15 is 0 Å². The van der Waals surface area contributed by atoms with Gasteiger partial charge in [0.2, 0.25) is 6.79 Å². The first-order chi connectivity index (χ1) is 11.8.